The molecule has 0 aromatic rings. The third-order valence-corrected chi connectivity index (χ3v) is 6.14. The van der Waals surface area contributed by atoms with Gasteiger partial charge in [-0.3, -0.25) is 14.4 Å². The van der Waals surface area contributed by atoms with Gasteiger partial charge in [0.15, 0.2) is 0 Å². The summed E-state index contributed by atoms with van der Waals surface area (Å²) in [4.78, 5) is 34.3. The quantitative estimate of drug-likeness (QED) is 0.146. The molecule has 1 saturated heterocycles. The fourth-order valence-electron chi connectivity index (χ4n) is 4.22. The van der Waals surface area contributed by atoms with Gasteiger partial charge in [0.1, 0.15) is 18.8 Å². The summed E-state index contributed by atoms with van der Waals surface area (Å²) in [5, 5.41) is 2.35. The molecule has 0 aliphatic carbocycles. The van der Waals surface area contributed by atoms with Crippen molar-refractivity contribution in [3.63, 3.8) is 0 Å². The first-order valence-electron chi connectivity index (χ1n) is 12.7. The number of esters is 2. The number of hydrogen-bond donors (Lipinski definition) is 1. The first kappa shape index (κ1) is 27.4. The first-order chi connectivity index (χ1) is 15.1. The SMILES string of the molecule is CCCCCCCCCCCC(CC1OC(=O)C1CCCCCC)OC(=O)CNC=O. The second kappa shape index (κ2) is 18.0. The molecule has 1 rings (SSSR count). The lowest BCUT2D eigenvalue weighted by molar-refractivity contribution is -0.190. The van der Waals surface area contributed by atoms with Crippen LogP contribution in [0.4, 0.5) is 0 Å². The topological polar surface area (TPSA) is 81.7 Å². The van der Waals surface area contributed by atoms with Crippen LogP contribution in [0.5, 0.6) is 0 Å². The highest BCUT2D eigenvalue weighted by Crippen LogP contribution is 2.32. The number of carbonyl (C=O) groups excluding carboxylic acids is 3. The van der Waals surface area contributed by atoms with Crippen molar-refractivity contribution in [1.82, 2.24) is 5.32 Å². The predicted octanol–water partition coefficient (Wildman–Crippen LogP) is 5.47. The third-order valence-electron chi connectivity index (χ3n) is 6.14. The number of rotatable bonds is 21. The Bertz CT molecular complexity index is 496. The fraction of sp³-hybridized carbons (Fsp3) is 0.880. The minimum atomic E-state index is -0.432. The molecule has 0 saturated carbocycles. The van der Waals surface area contributed by atoms with E-state index >= 15 is 0 Å². The van der Waals surface area contributed by atoms with E-state index < -0.39 is 5.97 Å². The second-order valence-electron chi connectivity index (χ2n) is 8.89. The summed E-state index contributed by atoms with van der Waals surface area (Å²) in [5.74, 6) is -0.607. The van der Waals surface area contributed by atoms with Gasteiger partial charge in [-0.15, -0.1) is 0 Å². The molecule has 1 aliphatic heterocycles. The Balaban J connectivity index is 2.36. The Morgan fingerprint density at radius 1 is 0.968 bits per heavy atom. The normalized spacial score (nSPS) is 18.7. The molecule has 1 amide bonds. The average Bonchev–Trinajstić information content (AvgIpc) is 2.75. The monoisotopic (exact) mass is 439 g/mol. The zero-order valence-corrected chi connectivity index (χ0v) is 19.9. The number of hydrogen-bond acceptors (Lipinski definition) is 5. The van der Waals surface area contributed by atoms with Crippen molar-refractivity contribution < 1.29 is 23.9 Å². The molecule has 0 radical (unpaired) electrons. The Hall–Kier alpha value is -1.59. The van der Waals surface area contributed by atoms with Crippen LogP contribution in [0.15, 0.2) is 0 Å². The van der Waals surface area contributed by atoms with E-state index in [-0.39, 0.29) is 30.6 Å². The number of cyclic esters (lactones) is 1. The van der Waals surface area contributed by atoms with Gasteiger partial charge in [0, 0.05) is 6.42 Å². The van der Waals surface area contributed by atoms with Crippen LogP contribution in [0.25, 0.3) is 0 Å². The van der Waals surface area contributed by atoms with Crippen LogP contribution in [0, 0.1) is 5.92 Å². The molecular weight excluding hydrogens is 394 g/mol. The van der Waals surface area contributed by atoms with E-state index in [0.717, 1.165) is 38.5 Å². The summed E-state index contributed by atoms with van der Waals surface area (Å²) in [6, 6.07) is 0. The van der Waals surface area contributed by atoms with Crippen LogP contribution in [0.1, 0.15) is 117 Å². The lowest BCUT2D eigenvalue weighted by Crippen LogP contribution is -2.47. The maximum absolute atomic E-state index is 12.0. The van der Waals surface area contributed by atoms with E-state index in [1.807, 2.05) is 0 Å². The van der Waals surface area contributed by atoms with E-state index in [2.05, 4.69) is 19.2 Å². The highest BCUT2D eigenvalue weighted by molar-refractivity contribution is 5.78. The summed E-state index contributed by atoms with van der Waals surface area (Å²) < 4.78 is 11.0. The summed E-state index contributed by atoms with van der Waals surface area (Å²) >= 11 is 0. The van der Waals surface area contributed by atoms with Crippen molar-refractivity contribution in [3.8, 4) is 0 Å². The zero-order valence-electron chi connectivity index (χ0n) is 19.9. The Labute approximate surface area is 189 Å². The number of nitrogens with one attached hydrogen (secondary N) is 1. The summed E-state index contributed by atoms with van der Waals surface area (Å²) in [6.45, 7) is 4.28. The summed E-state index contributed by atoms with van der Waals surface area (Å²) in [6.07, 6.45) is 18.0. The van der Waals surface area contributed by atoms with Crippen molar-refractivity contribution in [2.45, 2.75) is 129 Å². The van der Waals surface area contributed by atoms with Gasteiger partial charge in [0.2, 0.25) is 6.41 Å². The molecule has 0 bridgehead atoms. The Morgan fingerprint density at radius 3 is 2.13 bits per heavy atom. The van der Waals surface area contributed by atoms with Gasteiger partial charge in [-0.1, -0.05) is 90.9 Å². The standard InChI is InChI=1S/C25H45NO5/c1-3-5-7-9-10-11-12-13-14-16-21(30-24(28)19-26-20-27)18-23-22(25(29)31-23)17-15-8-6-4-2/h20-23H,3-19H2,1-2H3,(H,26,27). The minimum absolute atomic E-state index is 0.0609. The van der Waals surface area contributed by atoms with Gasteiger partial charge in [0.25, 0.3) is 0 Å². The van der Waals surface area contributed by atoms with Gasteiger partial charge in [-0.25, -0.2) is 0 Å². The van der Waals surface area contributed by atoms with Gasteiger partial charge in [0.05, 0.1) is 5.92 Å². The van der Waals surface area contributed by atoms with Crippen LogP contribution in [-0.4, -0.2) is 37.1 Å². The molecule has 0 aromatic carbocycles. The van der Waals surface area contributed by atoms with Crippen LogP contribution in [0.3, 0.4) is 0 Å². The molecule has 1 N–H and O–H groups in total. The molecule has 6 heteroatoms. The predicted molar refractivity (Wildman–Crippen MR) is 123 cm³/mol. The fourth-order valence-corrected chi connectivity index (χ4v) is 4.22. The molecule has 1 fully saturated rings. The number of carbonyl (C=O) groups is 3. The largest absolute Gasteiger partial charge is 0.461 e. The molecule has 6 nitrogen and oxygen atoms in total. The maximum atomic E-state index is 12.0. The van der Waals surface area contributed by atoms with Gasteiger partial charge in [-0.05, 0) is 19.3 Å². The van der Waals surface area contributed by atoms with Gasteiger partial charge < -0.3 is 14.8 Å². The average molecular weight is 440 g/mol. The zero-order chi connectivity index (χ0) is 22.7. The van der Waals surface area contributed by atoms with E-state index in [4.69, 9.17) is 9.47 Å². The molecule has 1 heterocycles. The number of amides is 1. The molecular formula is C25H45NO5. The lowest BCUT2D eigenvalue weighted by atomic mass is 9.86. The lowest BCUT2D eigenvalue weighted by Gasteiger charge is -2.37. The van der Waals surface area contributed by atoms with Crippen LogP contribution >= 0.6 is 0 Å². The summed E-state index contributed by atoms with van der Waals surface area (Å²) in [7, 11) is 0. The second-order valence-corrected chi connectivity index (χ2v) is 8.89. The van der Waals surface area contributed by atoms with Gasteiger partial charge >= 0.3 is 11.9 Å². The molecule has 0 aromatic heterocycles. The van der Waals surface area contributed by atoms with Crippen LogP contribution in [-0.2, 0) is 23.9 Å². The Morgan fingerprint density at radius 2 is 1.55 bits per heavy atom. The number of ether oxygens (including phenoxy) is 2. The molecule has 1 aliphatic rings. The van der Waals surface area contributed by atoms with Gasteiger partial charge in [-0.2, -0.15) is 0 Å². The van der Waals surface area contributed by atoms with E-state index in [9.17, 15) is 14.4 Å². The highest BCUT2D eigenvalue weighted by Gasteiger charge is 2.43. The van der Waals surface area contributed by atoms with E-state index in [0.29, 0.717) is 12.8 Å². The molecule has 180 valence electrons. The Kier molecular flexibility index (Phi) is 16.0. The maximum Gasteiger partial charge on any atom is 0.325 e. The van der Waals surface area contributed by atoms with Crippen LogP contribution < -0.4 is 5.32 Å². The van der Waals surface area contributed by atoms with Crippen molar-refractivity contribution in [2.75, 3.05) is 6.54 Å². The highest BCUT2D eigenvalue weighted by atomic mass is 16.6. The van der Waals surface area contributed by atoms with E-state index in [1.165, 1.54) is 57.8 Å². The molecule has 3 atom stereocenters. The summed E-state index contributed by atoms with van der Waals surface area (Å²) in [5.41, 5.74) is 0. The van der Waals surface area contributed by atoms with Crippen molar-refractivity contribution in [1.29, 1.82) is 0 Å². The minimum Gasteiger partial charge on any atom is -0.461 e. The molecule has 3 unspecified atom stereocenters. The molecule has 0 spiro atoms. The molecule has 31 heavy (non-hydrogen) atoms. The van der Waals surface area contributed by atoms with Crippen molar-refractivity contribution in [3.05, 3.63) is 0 Å². The number of unbranched alkanes of at least 4 members (excludes halogenated alkanes) is 11. The first-order valence-corrected chi connectivity index (χ1v) is 12.7. The van der Waals surface area contributed by atoms with E-state index in [1.54, 1.807) is 0 Å². The van der Waals surface area contributed by atoms with Crippen molar-refractivity contribution in [2.24, 2.45) is 5.92 Å². The third kappa shape index (κ3) is 12.8. The smallest absolute Gasteiger partial charge is 0.325 e. The van der Waals surface area contributed by atoms with Crippen molar-refractivity contribution >= 4 is 18.3 Å². The van der Waals surface area contributed by atoms with Crippen LogP contribution in [0.2, 0.25) is 0 Å².